The topological polar surface area (TPSA) is 101 Å². The molecule has 8 nitrogen and oxygen atoms in total. The Morgan fingerprint density at radius 3 is 2.71 bits per heavy atom. The van der Waals surface area contributed by atoms with Crippen molar-refractivity contribution >= 4 is 11.2 Å². The number of nitrogens with one attached hydrogen (secondary N) is 2. The third-order valence-corrected chi connectivity index (χ3v) is 3.85. The molecule has 0 fully saturated rings. The van der Waals surface area contributed by atoms with E-state index in [1.165, 1.54) is 7.05 Å². The molecule has 4 aromatic rings. The summed E-state index contributed by atoms with van der Waals surface area (Å²) in [6.07, 6.45) is 3.51. The zero-order chi connectivity index (χ0) is 16.7. The molecule has 1 aromatic carbocycles. The molecule has 24 heavy (non-hydrogen) atoms. The molecule has 0 radical (unpaired) electrons. The van der Waals surface area contributed by atoms with Crippen LogP contribution in [0.5, 0.6) is 0 Å². The fraction of sp³-hybridized carbons (Fsp3) is 0.125. The van der Waals surface area contributed by atoms with Crippen molar-refractivity contribution in [1.29, 1.82) is 0 Å². The summed E-state index contributed by atoms with van der Waals surface area (Å²) in [5, 5.41) is 4.32. The number of rotatable bonds is 3. The van der Waals surface area contributed by atoms with Crippen molar-refractivity contribution < 1.29 is 0 Å². The van der Waals surface area contributed by atoms with Crippen LogP contribution < -0.4 is 11.2 Å². The van der Waals surface area contributed by atoms with Crippen LogP contribution in [0.1, 0.15) is 5.56 Å². The van der Waals surface area contributed by atoms with E-state index in [0.717, 1.165) is 15.7 Å². The monoisotopic (exact) mass is 322 g/mol. The van der Waals surface area contributed by atoms with Crippen LogP contribution in [0.4, 0.5) is 0 Å². The van der Waals surface area contributed by atoms with Gasteiger partial charge in [-0.15, -0.1) is 0 Å². The summed E-state index contributed by atoms with van der Waals surface area (Å²) in [5.74, 6) is 0.489. The highest BCUT2D eigenvalue weighted by molar-refractivity contribution is 5.74. The van der Waals surface area contributed by atoms with Crippen LogP contribution in [0.3, 0.4) is 0 Å². The Kier molecular flexibility index (Phi) is 3.16. The minimum absolute atomic E-state index is 0.244. The molecule has 0 aliphatic heterocycles. The molecule has 0 saturated carbocycles. The van der Waals surface area contributed by atoms with Gasteiger partial charge in [0.05, 0.1) is 18.3 Å². The van der Waals surface area contributed by atoms with Gasteiger partial charge in [0.1, 0.15) is 11.3 Å². The third kappa shape index (κ3) is 2.34. The summed E-state index contributed by atoms with van der Waals surface area (Å²) in [6.45, 7) is 0.639. The van der Waals surface area contributed by atoms with Gasteiger partial charge in [-0.3, -0.25) is 19.0 Å². The Hall–Kier alpha value is -3.42. The number of benzene rings is 1. The van der Waals surface area contributed by atoms with E-state index in [4.69, 9.17) is 0 Å². The van der Waals surface area contributed by atoms with Crippen molar-refractivity contribution in [3.8, 4) is 11.4 Å². The molecule has 0 unspecified atom stereocenters. The maximum absolute atomic E-state index is 12.1. The third-order valence-electron chi connectivity index (χ3n) is 3.85. The molecule has 0 amide bonds. The SMILES string of the molecule is Cn1c(=O)[nH]c2nc(-c3cnn(Cc4ccccc4)c3)[nH]c2c1=O. The lowest BCUT2D eigenvalue weighted by Crippen LogP contribution is -2.32. The second kappa shape index (κ2) is 5.34. The van der Waals surface area contributed by atoms with Gasteiger partial charge in [0.2, 0.25) is 0 Å². The van der Waals surface area contributed by atoms with E-state index in [2.05, 4.69) is 20.1 Å². The maximum atomic E-state index is 12.1. The van der Waals surface area contributed by atoms with E-state index >= 15 is 0 Å². The molecule has 0 bridgehead atoms. The second-order valence-corrected chi connectivity index (χ2v) is 5.52. The lowest BCUT2D eigenvalue weighted by atomic mass is 10.2. The molecule has 0 aliphatic carbocycles. The Bertz CT molecular complexity index is 1130. The number of fused-ring (bicyclic) bond motifs is 1. The van der Waals surface area contributed by atoms with Crippen molar-refractivity contribution in [2.24, 2.45) is 7.05 Å². The van der Waals surface area contributed by atoms with Crippen molar-refractivity contribution in [2.45, 2.75) is 6.54 Å². The summed E-state index contributed by atoms with van der Waals surface area (Å²) in [6, 6.07) is 9.97. The Labute approximate surface area is 135 Å². The first-order valence-corrected chi connectivity index (χ1v) is 7.37. The summed E-state index contributed by atoms with van der Waals surface area (Å²) in [4.78, 5) is 33.6. The van der Waals surface area contributed by atoms with E-state index in [0.29, 0.717) is 12.4 Å². The minimum atomic E-state index is -0.495. The lowest BCUT2D eigenvalue weighted by molar-refractivity contribution is 0.687. The normalized spacial score (nSPS) is 11.2. The van der Waals surface area contributed by atoms with Crippen molar-refractivity contribution in [2.75, 3.05) is 0 Å². The number of aromatic amines is 2. The highest BCUT2D eigenvalue weighted by Gasteiger charge is 2.12. The standard InChI is InChI=1S/C16H14N6O2/c1-21-15(23)12-14(20-16(21)24)19-13(18-12)11-7-17-22(9-11)8-10-5-3-2-4-6-10/h2-7,9H,8H2,1H3,(H,18,19)(H,20,24). The summed E-state index contributed by atoms with van der Waals surface area (Å²) in [5.41, 5.74) is 1.48. The number of H-pyrrole nitrogens is 2. The van der Waals surface area contributed by atoms with Crippen molar-refractivity contribution in [3.05, 3.63) is 69.1 Å². The van der Waals surface area contributed by atoms with E-state index in [1.54, 1.807) is 10.9 Å². The molecule has 120 valence electrons. The molecule has 3 aromatic heterocycles. The first-order valence-electron chi connectivity index (χ1n) is 7.37. The highest BCUT2D eigenvalue weighted by Crippen LogP contribution is 2.17. The van der Waals surface area contributed by atoms with Crippen LogP contribution >= 0.6 is 0 Å². The summed E-state index contributed by atoms with van der Waals surface area (Å²) in [7, 11) is 1.42. The van der Waals surface area contributed by atoms with Crippen LogP contribution in [-0.2, 0) is 13.6 Å². The summed E-state index contributed by atoms with van der Waals surface area (Å²) >= 11 is 0. The molecule has 3 heterocycles. The van der Waals surface area contributed by atoms with Gasteiger partial charge in [-0.05, 0) is 5.56 Å². The minimum Gasteiger partial charge on any atom is -0.332 e. The molecule has 0 aliphatic rings. The van der Waals surface area contributed by atoms with Crippen LogP contribution in [0, 0.1) is 0 Å². The van der Waals surface area contributed by atoms with Gasteiger partial charge in [-0.1, -0.05) is 30.3 Å². The van der Waals surface area contributed by atoms with E-state index in [9.17, 15) is 9.59 Å². The predicted molar refractivity (Wildman–Crippen MR) is 88.7 cm³/mol. The number of hydrogen-bond donors (Lipinski definition) is 2. The number of nitrogens with zero attached hydrogens (tertiary/aromatic N) is 4. The van der Waals surface area contributed by atoms with E-state index < -0.39 is 11.2 Å². The van der Waals surface area contributed by atoms with Crippen LogP contribution in [-0.4, -0.2) is 29.3 Å². The van der Waals surface area contributed by atoms with Crippen molar-refractivity contribution in [3.63, 3.8) is 0 Å². The van der Waals surface area contributed by atoms with Gasteiger partial charge >= 0.3 is 5.69 Å². The van der Waals surface area contributed by atoms with E-state index in [1.807, 2.05) is 36.5 Å². The second-order valence-electron chi connectivity index (χ2n) is 5.52. The van der Waals surface area contributed by atoms with Gasteiger partial charge in [-0.2, -0.15) is 5.10 Å². The molecule has 8 heteroatoms. The Balaban J connectivity index is 1.72. The van der Waals surface area contributed by atoms with Crippen LogP contribution in [0.15, 0.2) is 52.3 Å². The zero-order valence-corrected chi connectivity index (χ0v) is 12.9. The first-order chi connectivity index (χ1) is 11.6. The number of imidazole rings is 1. The van der Waals surface area contributed by atoms with Gasteiger partial charge in [-0.25, -0.2) is 9.78 Å². The molecular weight excluding hydrogens is 308 g/mol. The smallest absolute Gasteiger partial charge is 0.329 e. The molecule has 4 rings (SSSR count). The van der Waals surface area contributed by atoms with Gasteiger partial charge < -0.3 is 4.98 Å². The van der Waals surface area contributed by atoms with Gasteiger partial charge in [0, 0.05) is 13.2 Å². The number of aromatic nitrogens is 6. The average molecular weight is 322 g/mol. The van der Waals surface area contributed by atoms with Crippen molar-refractivity contribution in [1.82, 2.24) is 29.3 Å². The van der Waals surface area contributed by atoms with Gasteiger partial charge in [0.25, 0.3) is 5.56 Å². The molecule has 2 N–H and O–H groups in total. The fourth-order valence-corrected chi connectivity index (χ4v) is 2.54. The Morgan fingerprint density at radius 1 is 1.12 bits per heavy atom. The predicted octanol–water partition coefficient (Wildman–Crippen LogP) is 0.862. The Morgan fingerprint density at radius 2 is 1.92 bits per heavy atom. The summed E-state index contributed by atoms with van der Waals surface area (Å²) < 4.78 is 2.79. The average Bonchev–Trinajstić information content (AvgIpc) is 3.20. The fourth-order valence-electron chi connectivity index (χ4n) is 2.54. The van der Waals surface area contributed by atoms with Crippen LogP contribution in [0.25, 0.3) is 22.6 Å². The quantitative estimate of drug-likeness (QED) is 0.584. The number of hydrogen-bond acceptors (Lipinski definition) is 4. The zero-order valence-electron chi connectivity index (χ0n) is 12.9. The van der Waals surface area contributed by atoms with E-state index in [-0.39, 0.29) is 11.2 Å². The largest absolute Gasteiger partial charge is 0.332 e. The molecule has 0 spiro atoms. The van der Waals surface area contributed by atoms with Crippen LogP contribution in [0.2, 0.25) is 0 Å². The van der Waals surface area contributed by atoms with Gasteiger partial charge in [0.15, 0.2) is 5.65 Å². The first kappa shape index (κ1) is 14.2. The maximum Gasteiger partial charge on any atom is 0.329 e. The molecule has 0 saturated heterocycles. The molecule has 0 atom stereocenters. The molecular formula is C16H14N6O2. The lowest BCUT2D eigenvalue weighted by Gasteiger charge is -2.00. The highest BCUT2D eigenvalue weighted by atomic mass is 16.2.